The summed E-state index contributed by atoms with van der Waals surface area (Å²) < 4.78 is 12.1. The Hall–Kier alpha value is -3.06. The normalized spacial score (nSPS) is 16.3. The van der Waals surface area contributed by atoms with Gasteiger partial charge in [0, 0.05) is 17.3 Å². The Bertz CT molecular complexity index is 1090. The summed E-state index contributed by atoms with van der Waals surface area (Å²) in [6, 6.07) is 15.3. The molecule has 2 amide bonds. The van der Waals surface area contributed by atoms with E-state index in [0.29, 0.717) is 29.3 Å². The molecule has 1 aliphatic heterocycles. The molecule has 1 fully saturated rings. The van der Waals surface area contributed by atoms with Gasteiger partial charge >= 0.3 is 0 Å². The number of nitrogens with two attached hydrogens (primary N) is 1. The average Bonchev–Trinajstić information content (AvgIpc) is 3.17. The SMILES string of the molecule is COc1ccccc1OCC(=O)N1CCCC[C@H]1Cc1c(C(N)=O)sc2ccccc12. The summed E-state index contributed by atoms with van der Waals surface area (Å²) in [6.45, 7) is 0.636. The number of fused-ring (bicyclic) bond motifs is 1. The number of nitrogens with zero attached hydrogens (tertiary/aromatic N) is 1. The molecule has 31 heavy (non-hydrogen) atoms. The van der Waals surface area contributed by atoms with E-state index in [1.807, 2.05) is 41.3 Å². The van der Waals surface area contributed by atoms with Gasteiger partial charge in [-0.2, -0.15) is 0 Å². The molecule has 162 valence electrons. The van der Waals surface area contributed by atoms with E-state index in [4.69, 9.17) is 15.2 Å². The van der Waals surface area contributed by atoms with Crippen molar-refractivity contribution in [1.29, 1.82) is 0 Å². The highest BCUT2D eigenvalue weighted by Gasteiger charge is 2.29. The molecule has 0 spiro atoms. The van der Waals surface area contributed by atoms with Crippen LogP contribution in [0.4, 0.5) is 0 Å². The number of benzene rings is 2. The summed E-state index contributed by atoms with van der Waals surface area (Å²) in [4.78, 5) is 27.6. The zero-order valence-electron chi connectivity index (χ0n) is 17.5. The lowest BCUT2D eigenvalue weighted by atomic mass is 9.94. The maximum absolute atomic E-state index is 13.1. The van der Waals surface area contributed by atoms with Crippen LogP contribution in [0.1, 0.15) is 34.5 Å². The maximum atomic E-state index is 13.1. The molecule has 0 unspecified atom stereocenters. The quantitative estimate of drug-likeness (QED) is 0.604. The summed E-state index contributed by atoms with van der Waals surface area (Å²) >= 11 is 1.43. The van der Waals surface area contributed by atoms with Gasteiger partial charge in [-0.1, -0.05) is 30.3 Å². The minimum absolute atomic E-state index is 0.0126. The second-order valence-corrected chi connectivity index (χ2v) is 8.70. The van der Waals surface area contributed by atoms with E-state index < -0.39 is 5.91 Å². The van der Waals surface area contributed by atoms with Crippen molar-refractivity contribution < 1.29 is 19.1 Å². The number of hydrogen-bond donors (Lipinski definition) is 1. The van der Waals surface area contributed by atoms with Gasteiger partial charge in [0.25, 0.3) is 11.8 Å². The smallest absolute Gasteiger partial charge is 0.260 e. The Morgan fingerprint density at radius 1 is 1.10 bits per heavy atom. The van der Waals surface area contributed by atoms with Crippen LogP contribution in [0, 0.1) is 0 Å². The van der Waals surface area contributed by atoms with Gasteiger partial charge in [0.1, 0.15) is 0 Å². The van der Waals surface area contributed by atoms with E-state index in [9.17, 15) is 9.59 Å². The van der Waals surface area contributed by atoms with Crippen molar-refractivity contribution in [3.05, 3.63) is 59.0 Å². The van der Waals surface area contributed by atoms with Crippen molar-refractivity contribution in [2.45, 2.75) is 31.7 Å². The van der Waals surface area contributed by atoms with Crippen molar-refractivity contribution in [2.24, 2.45) is 5.73 Å². The number of primary amides is 1. The zero-order valence-corrected chi connectivity index (χ0v) is 18.3. The molecule has 3 aromatic rings. The number of likely N-dealkylation sites (tertiary alicyclic amines) is 1. The average molecular weight is 439 g/mol. The molecule has 0 bridgehead atoms. The number of para-hydroxylation sites is 2. The summed E-state index contributed by atoms with van der Waals surface area (Å²) in [5.41, 5.74) is 6.62. The van der Waals surface area contributed by atoms with Crippen LogP contribution in [0.15, 0.2) is 48.5 Å². The monoisotopic (exact) mass is 438 g/mol. The molecule has 1 saturated heterocycles. The fourth-order valence-electron chi connectivity index (χ4n) is 4.24. The fourth-order valence-corrected chi connectivity index (χ4v) is 5.32. The first-order valence-corrected chi connectivity index (χ1v) is 11.3. The standard InChI is InChI=1S/C24H26N2O4S/c1-29-19-10-3-4-11-20(19)30-15-22(27)26-13-7-6-8-16(26)14-18-17-9-2-5-12-21(17)31-23(18)24(25)28/h2-5,9-12,16H,6-8,13-15H2,1H3,(H2,25,28)/t16-/m0/s1. The molecule has 1 atom stereocenters. The van der Waals surface area contributed by atoms with Crippen LogP contribution in [0.3, 0.4) is 0 Å². The lowest BCUT2D eigenvalue weighted by Gasteiger charge is -2.36. The van der Waals surface area contributed by atoms with Gasteiger partial charge in [0.15, 0.2) is 18.1 Å². The number of carbonyl (C=O) groups is 2. The van der Waals surface area contributed by atoms with Crippen LogP contribution >= 0.6 is 11.3 Å². The molecule has 1 aromatic heterocycles. The lowest BCUT2D eigenvalue weighted by Crippen LogP contribution is -2.47. The number of hydrogen-bond acceptors (Lipinski definition) is 5. The van der Waals surface area contributed by atoms with Gasteiger partial charge in [-0.15, -0.1) is 11.3 Å². The number of carbonyl (C=O) groups excluding carboxylic acids is 2. The highest BCUT2D eigenvalue weighted by atomic mass is 32.1. The second kappa shape index (κ2) is 9.39. The van der Waals surface area contributed by atoms with Gasteiger partial charge in [-0.25, -0.2) is 0 Å². The zero-order chi connectivity index (χ0) is 21.8. The van der Waals surface area contributed by atoms with Crippen molar-refractivity contribution in [1.82, 2.24) is 4.90 Å². The molecular weight excluding hydrogens is 412 g/mol. The number of methoxy groups -OCH3 is 1. The first-order valence-electron chi connectivity index (χ1n) is 10.4. The summed E-state index contributed by atoms with van der Waals surface area (Å²) in [7, 11) is 1.58. The number of thiophene rings is 1. The van der Waals surface area contributed by atoms with Crippen molar-refractivity contribution >= 4 is 33.2 Å². The number of amides is 2. The molecule has 2 N–H and O–H groups in total. The van der Waals surface area contributed by atoms with Crippen LogP contribution in [-0.4, -0.2) is 43.0 Å². The molecular formula is C24H26N2O4S. The van der Waals surface area contributed by atoms with Gasteiger partial charge in [0.05, 0.1) is 12.0 Å². The van der Waals surface area contributed by atoms with E-state index in [1.54, 1.807) is 19.2 Å². The highest BCUT2D eigenvalue weighted by molar-refractivity contribution is 7.21. The van der Waals surface area contributed by atoms with Crippen LogP contribution in [0.5, 0.6) is 11.5 Å². The highest BCUT2D eigenvalue weighted by Crippen LogP contribution is 2.34. The van der Waals surface area contributed by atoms with E-state index in [0.717, 1.165) is 34.9 Å². The third kappa shape index (κ3) is 4.51. The van der Waals surface area contributed by atoms with Crippen LogP contribution < -0.4 is 15.2 Å². The van der Waals surface area contributed by atoms with E-state index in [1.165, 1.54) is 11.3 Å². The maximum Gasteiger partial charge on any atom is 0.260 e. The molecule has 1 aliphatic rings. The Kier molecular flexibility index (Phi) is 6.42. The van der Waals surface area contributed by atoms with Crippen LogP contribution in [-0.2, 0) is 11.2 Å². The minimum Gasteiger partial charge on any atom is -0.493 e. The third-order valence-electron chi connectivity index (χ3n) is 5.73. The lowest BCUT2D eigenvalue weighted by molar-refractivity contribution is -0.137. The largest absolute Gasteiger partial charge is 0.493 e. The summed E-state index contributed by atoms with van der Waals surface area (Å²) in [6.07, 6.45) is 3.52. The van der Waals surface area contributed by atoms with E-state index >= 15 is 0 Å². The van der Waals surface area contributed by atoms with Crippen molar-refractivity contribution in [2.75, 3.05) is 20.3 Å². The van der Waals surface area contributed by atoms with Gasteiger partial charge < -0.3 is 20.1 Å². The first-order chi connectivity index (χ1) is 15.1. The number of piperidine rings is 1. The molecule has 0 saturated carbocycles. The molecule has 0 radical (unpaired) electrons. The van der Waals surface area contributed by atoms with Gasteiger partial charge in [-0.3, -0.25) is 9.59 Å². The third-order valence-corrected chi connectivity index (χ3v) is 6.96. The van der Waals surface area contributed by atoms with Crippen LogP contribution in [0.2, 0.25) is 0 Å². The molecule has 2 aromatic carbocycles. The second-order valence-electron chi connectivity index (χ2n) is 7.65. The molecule has 7 heteroatoms. The van der Waals surface area contributed by atoms with Gasteiger partial charge in [-0.05, 0) is 54.8 Å². The van der Waals surface area contributed by atoms with Crippen molar-refractivity contribution in [3.8, 4) is 11.5 Å². The number of rotatable bonds is 7. The fraction of sp³-hybridized carbons (Fsp3) is 0.333. The Morgan fingerprint density at radius 3 is 2.61 bits per heavy atom. The molecule has 2 heterocycles. The Morgan fingerprint density at radius 2 is 1.84 bits per heavy atom. The predicted octanol–water partition coefficient (Wildman–Crippen LogP) is 4.01. The molecule has 0 aliphatic carbocycles. The minimum atomic E-state index is -0.413. The predicted molar refractivity (Wildman–Crippen MR) is 122 cm³/mol. The molecule has 4 rings (SSSR count). The summed E-state index contributed by atoms with van der Waals surface area (Å²) in [5.74, 6) is 0.674. The Balaban J connectivity index is 1.53. The number of ether oxygens (including phenoxy) is 2. The van der Waals surface area contributed by atoms with Crippen LogP contribution in [0.25, 0.3) is 10.1 Å². The van der Waals surface area contributed by atoms with E-state index in [-0.39, 0.29) is 18.6 Å². The summed E-state index contributed by atoms with van der Waals surface area (Å²) in [5, 5.41) is 1.05. The molecule has 6 nitrogen and oxygen atoms in total. The van der Waals surface area contributed by atoms with E-state index in [2.05, 4.69) is 0 Å². The van der Waals surface area contributed by atoms with Gasteiger partial charge in [0.2, 0.25) is 0 Å². The van der Waals surface area contributed by atoms with Crippen molar-refractivity contribution in [3.63, 3.8) is 0 Å². The Labute approximate surface area is 185 Å². The topological polar surface area (TPSA) is 81.9 Å². The first kappa shape index (κ1) is 21.2.